The molecule has 0 aliphatic carbocycles. The summed E-state index contributed by atoms with van der Waals surface area (Å²) < 4.78 is 5.30. The second-order valence-corrected chi connectivity index (χ2v) is 7.87. The fraction of sp³-hybridized carbons (Fsp3) is 0.778. The highest BCUT2D eigenvalue weighted by Crippen LogP contribution is 2.39. The molecule has 2 saturated heterocycles. The number of amides is 1. The third-order valence-corrected chi connectivity index (χ3v) is 5.68. The highest BCUT2D eigenvalue weighted by Gasteiger charge is 2.41. The lowest BCUT2D eigenvalue weighted by Crippen LogP contribution is -2.48. The highest BCUT2D eigenvalue weighted by atomic mass is 16.5. The molecule has 134 valence electrons. The lowest BCUT2D eigenvalue weighted by molar-refractivity contribution is -0.130. The van der Waals surface area contributed by atoms with E-state index in [2.05, 4.69) is 15.0 Å². The van der Waals surface area contributed by atoms with Crippen molar-refractivity contribution in [3.63, 3.8) is 0 Å². The molecule has 24 heavy (non-hydrogen) atoms. The van der Waals surface area contributed by atoms with Crippen molar-refractivity contribution in [1.82, 2.24) is 19.9 Å². The first-order chi connectivity index (χ1) is 11.4. The van der Waals surface area contributed by atoms with E-state index in [1.165, 1.54) is 24.8 Å². The molecule has 1 atom stereocenters. The van der Waals surface area contributed by atoms with Crippen LogP contribution >= 0.6 is 0 Å². The predicted octanol–water partition coefficient (Wildman–Crippen LogP) is 1.67. The number of carbonyl (C=O) groups excluding carboxylic acids is 1. The van der Waals surface area contributed by atoms with Crippen LogP contribution in [0.3, 0.4) is 0 Å². The first-order valence-electron chi connectivity index (χ1n) is 8.95. The van der Waals surface area contributed by atoms with Crippen LogP contribution in [-0.2, 0) is 11.3 Å². The number of nitrogens with zero attached hydrogens (tertiary/aromatic N) is 4. The largest absolute Gasteiger partial charge is 0.361 e. The van der Waals surface area contributed by atoms with Crippen LogP contribution in [0.2, 0.25) is 0 Å². The molecule has 0 unspecified atom stereocenters. The number of likely N-dealkylation sites (N-methyl/N-ethyl adjacent to an activating group) is 1. The zero-order chi connectivity index (χ0) is 17.3. The molecule has 2 aliphatic rings. The Bertz CT molecular complexity index is 578. The van der Waals surface area contributed by atoms with Gasteiger partial charge in [-0.05, 0) is 51.6 Å². The van der Waals surface area contributed by atoms with Gasteiger partial charge >= 0.3 is 0 Å². The molecule has 1 aromatic heterocycles. The van der Waals surface area contributed by atoms with Crippen molar-refractivity contribution < 1.29 is 9.32 Å². The van der Waals surface area contributed by atoms with Crippen LogP contribution in [0.15, 0.2) is 4.52 Å². The summed E-state index contributed by atoms with van der Waals surface area (Å²) in [7, 11) is 3.67. The third-order valence-electron chi connectivity index (χ3n) is 5.68. The van der Waals surface area contributed by atoms with Crippen molar-refractivity contribution in [2.45, 2.75) is 39.7 Å². The summed E-state index contributed by atoms with van der Waals surface area (Å²) in [5.74, 6) is 1.15. The summed E-state index contributed by atoms with van der Waals surface area (Å²) in [5, 5.41) is 4.07. The lowest BCUT2D eigenvalue weighted by atomic mass is 9.79. The van der Waals surface area contributed by atoms with E-state index in [0.717, 1.165) is 44.2 Å². The Balaban J connectivity index is 1.60. The van der Waals surface area contributed by atoms with Crippen LogP contribution in [0.5, 0.6) is 0 Å². The van der Waals surface area contributed by atoms with Crippen LogP contribution in [0.25, 0.3) is 0 Å². The van der Waals surface area contributed by atoms with Gasteiger partial charge in [-0.2, -0.15) is 0 Å². The lowest BCUT2D eigenvalue weighted by Gasteiger charge is -2.40. The highest BCUT2D eigenvalue weighted by molar-refractivity contribution is 5.77. The van der Waals surface area contributed by atoms with E-state index in [1.54, 1.807) is 4.90 Å². The number of rotatable bonds is 4. The van der Waals surface area contributed by atoms with Gasteiger partial charge in [0.05, 0.1) is 12.2 Å². The predicted molar refractivity (Wildman–Crippen MR) is 92.7 cm³/mol. The van der Waals surface area contributed by atoms with Crippen molar-refractivity contribution in [2.24, 2.45) is 5.41 Å². The molecule has 0 radical (unpaired) electrons. The standard InChI is InChI=1S/C18H30N4O2/c1-14-16(15(2)24-19-14)10-22-9-7-18(13-22)6-5-8-21(12-18)11-17(23)20(3)4/h5-13H2,1-4H3/t18-/m1/s1. The van der Waals surface area contributed by atoms with Gasteiger partial charge in [0.2, 0.25) is 5.91 Å². The van der Waals surface area contributed by atoms with Gasteiger partial charge in [0.15, 0.2) is 0 Å². The molecule has 0 N–H and O–H groups in total. The molecule has 1 aromatic rings. The Morgan fingerprint density at radius 3 is 2.62 bits per heavy atom. The van der Waals surface area contributed by atoms with E-state index in [0.29, 0.717) is 12.0 Å². The summed E-state index contributed by atoms with van der Waals surface area (Å²) in [4.78, 5) is 18.6. The number of hydrogen-bond donors (Lipinski definition) is 0. The SMILES string of the molecule is Cc1noc(C)c1CN1CC[C@@]2(CCCN(CC(=O)N(C)C)C2)C1. The van der Waals surface area contributed by atoms with Crippen LogP contribution in [0, 0.1) is 19.3 Å². The van der Waals surface area contributed by atoms with E-state index in [4.69, 9.17) is 4.52 Å². The Morgan fingerprint density at radius 1 is 1.21 bits per heavy atom. The maximum Gasteiger partial charge on any atom is 0.236 e. The van der Waals surface area contributed by atoms with E-state index in [9.17, 15) is 4.79 Å². The molecule has 6 nitrogen and oxygen atoms in total. The molecular formula is C18H30N4O2. The summed E-state index contributed by atoms with van der Waals surface area (Å²) in [6.07, 6.45) is 3.70. The molecular weight excluding hydrogens is 304 g/mol. The van der Waals surface area contributed by atoms with Crippen molar-refractivity contribution >= 4 is 5.91 Å². The van der Waals surface area contributed by atoms with Crippen molar-refractivity contribution in [3.8, 4) is 0 Å². The molecule has 0 bridgehead atoms. The number of likely N-dealkylation sites (tertiary alicyclic amines) is 2. The van der Waals surface area contributed by atoms with E-state index < -0.39 is 0 Å². The summed E-state index contributed by atoms with van der Waals surface area (Å²) >= 11 is 0. The number of aryl methyl sites for hydroxylation is 2. The summed E-state index contributed by atoms with van der Waals surface area (Å²) in [6.45, 7) is 9.83. The topological polar surface area (TPSA) is 52.8 Å². The number of carbonyl (C=O) groups is 1. The Kier molecular flexibility index (Phi) is 4.97. The van der Waals surface area contributed by atoms with Gasteiger partial charge in [0.25, 0.3) is 0 Å². The van der Waals surface area contributed by atoms with Gasteiger partial charge in [0, 0.05) is 39.3 Å². The van der Waals surface area contributed by atoms with Gasteiger partial charge < -0.3 is 9.42 Å². The zero-order valence-electron chi connectivity index (χ0n) is 15.5. The smallest absolute Gasteiger partial charge is 0.236 e. The average molecular weight is 334 g/mol. The quantitative estimate of drug-likeness (QED) is 0.838. The van der Waals surface area contributed by atoms with Gasteiger partial charge in [-0.3, -0.25) is 14.6 Å². The summed E-state index contributed by atoms with van der Waals surface area (Å²) in [5.41, 5.74) is 2.60. The van der Waals surface area contributed by atoms with E-state index in [1.807, 2.05) is 27.9 Å². The van der Waals surface area contributed by atoms with Crippen molar-refractivity contribution in [2.75, 3.05) is 46.8 Å². The first-order valence-corrected chi connectivity index (χ1v) is 8.95. The van der Waals surface area contributed by atoms with Crippen LogP contribution in [0.1, 0.15) is 36.3 Å². The minimum atomic E-state index is 0.206. The first kappa shape index (κ1) is 17.4. The Hall–Kier alpha value is -1.40. The third kappa shape index (κ3) is 3.64. The van der Waals surface area contributed by atoms with Crippen LogP contribution < -0.4 is 0 Å². The molecule has 6 heteroatoms. The number of piperidine rings is 1. The van der Waals surface area contributed by atoms with Gasteiger partial charge in [-0.15, -0.1) is 0 Å². The minimum absolute atomic E-state index is 0.206. The van der Waals surface area contributed by atoms with Crippen LogP contribution in [0.4, 0.5) is 0 Å². The average Bonchev–Trinajstić information content (AvgIpc) is 3.05. The van der Waals surface area contributed by atoms with Gasteiger partial charge in [0.1, 0.15) is 5.76 Å². The second kappa shape index (κ2) is 6.84. The number of hydrogen-bond acceptors (Lipinski definition) is 5. The molecule has 1 amide bonds. The normalized spacial score (nSPS) is 25.5. The molecule has 2 fully saturated rings. The van der Waals surface area contributed by atoms with Crippen molar-refractivity contribution in [1.29, 1.82) is 0 Å². The molecule has 0 saturated carbocycles. The molecule has 2 aliphatic heterocycles. The van der Waals surface area contributed by atoms with Gasteiger partial charge in [-0.1, -0.05) is 5.16 Å². The minimum Gasteiger partial charge on any atom is -0.361 e. The van der Waals surface area contributed by atoms with E-state index >= 15 is 0 Å². The molecule has 1 spiro atoms. The Labute approximate surface area is 144 Å². The number of aromatic nitrogens is 1. The van der Waals surface area contributed by atoms with Gasteiger partial charge in [-0.25, -0.2) is 0 Å². The fourth-order valence-electron chi connectivity index (χ4n) is 4.22. The maximum absolute atomic E-state index is 12.0. The molecule has 0 aromatic carbocycles. The van der Waals surface area contributed by atoms with Crippen LogP contribution in [-0.4, -0.2) is 72.6 Å². The fourth-order valence-corrected chi connectivity index (χ4v) is 4.22. The second-order valence-electron chi connectivity index (χ2n) is 7.87. The van der Waals surface area contributed by atoms with Crippen molar-refractivity contribution in [3.05, 3.63) is 17.0 Å². The molecule has 3 rings (SSSR count). The maximum atomic E-state index is 12.0. The molecule has 3 heterocycles. The monoisotopic (exact) mass is 334 g/mol. The summed E-state index contributed by atoms with van der Waals surface area (Å²) in [6, 6.07) is 0. The zero-order valence-corrected chi connectivity index (χ0v) is 15.5. The Morgan fingerprint density at radius 2 is 1.96 bits per heavy atom. The van der Waals surface area contributed by atoms with E-state index in [-0.39, 0.29) is 5.91 Å².